The molecule has 1 aromatic heterocycles. The number of hydrogen-bond acceptors (Lipinski definition) is 5. The smallest absolute Gasteiger partial charge is 0.328 e. The first-order valence-corrected chi connectivity index (χ1v) is 11.0. The highest BCUT2D eigenvalue weighted by Gasteiger charge is 2.23. The molecule has 1 atom stereocenters. The molecule has 180 valence electrons. The molecule has 0 spiro atoms. The summed E-state index contributed by atoms with van der Waals surface area (Å²) >= 11 is 0. The van der Waals surface area contributed by atoms with Crippen LogP contribution in [-0.2, 0) is 22.4 Å². The lowest BCUT2D eigenvalue weighted by atomic mass is 9.94. The molecule has 0 fully saturated rings. The summed E-state index contributed by atoms with van der Waals surface area (Å²) in [7, 11) is 3.35. The van der Waals surface area contributed by atoms with Gasteiger partial charge in [0.1, 0.15) is 0 Å². The van der Waals surface area contributed by atoms with Crippen LogP contribution in [0.3, 0.4) is 0 Å². The average Bonchev–Trinajstić information content (AvgIpc) is 3.20. The first kappa shape index (κ1) is 24.9. The molecule has 0 bridgehead atoms. The van der Waals surface area contributed by atoms with Gasteiger partial charge in [0.2, 0.25) is 0 Å². The molecule has 0 saturated heterocycles. The number of carboxylic acids is 2. The van der Waals surface area contributed by atoms with Crippen LogP contribution in [0, 0.1) is 6.92 Å². The summed E-state index contributed by atoms with van der Waals surface area (Å²) in [4.78, 5) is 22.8. The van der Waals surface area contributed by atoms with E-state index in [1.54, 1.807) is 14.2 Å². The quantitative estimate of drug-likeness (QED) is 0.388. The summed E-state index contributed by atoms with van der Waals surface area (Å²) in [6, 6.07) is 13.2. The molecule has 3 aromatic rings. The molecule has 4 N–H and O–H groups in total. The summed E-state index contributed by atoms with van der Waals surface area (Å²) in [6.45, 7) is 3.19. The number of nitrogens with one attached hydrogen (secondary N) is 2. The van der Waals surface area contributed by atoms with Gasteiger partial charge in [-0.25, -0.2) is 9.59 Å². The highest BCUT2D eigenvalue weighted by molar-refractivity contribution is 5.89. The molecule has 34 heavy (non-hydrogen) atoms. The number of aliphatic carboxylic acids is 2. The number of ether oxygens (including phenoxy) is 2. The second-order valence-corrected chi connectivity index (χ2v) is 8.06. The minimum Gasteiger partial charge on any atom is -0.493 e. The lowest BCUT2D eigenvalue weighted by molar-refractivity contribution is -0.134. The zero-order valence-electron chi connectivity index (χ0n) is 19.6. The Morgan fingerprint density at radius 3 is 2.38 bits per heavy atom. The van der Waals surface area contributed by atoms with Crippen molar-refractivity contribution >= 4 is 22.8 Å². The first-order chi connectivity index (χ1) is 16.3. The summed E-state index contributed by atoms with van der Waals surface area (Å²) in [5.41, 5.74) is 6.68. The Labute approximate surface area is 198 Å². The fourth-order valence-electron chi connectivity index (χ4n) is 4.16. The van der Waals surface area contributed by atoms with E-state index < -0.39 is 11.9 Å². The monoisotopic (exact) mass is 466 g/mol. The molecule has 2 aromatic carbocycles. The predicted octanol–water partition coefficient (Wildman–Crippen LogP) is 4.02. The Morgan fingerprint density at radius 1 is 1.03 bits per heavy atom. The zero-order valence-corrected chi connectivity index (χ0v) is 19.6. The molecule has 1 aliphatic heterocycles. The van der Waals surface area contributed by atoms with E-state index >= 15 is 0 Å². The third kappa shape index (κ3) is 6.17. The molecule has 4 rings (SSSR count). The third-order valence-electron chi connectivity index (χ3n) is 5.75. The van der Waals surface area contributed by atoms with Gasteiger partial charge in [-0.2, -0.15) is 0 Å². The van der Waals surface area contributed by atoms with Crippen LogP contribution in [0.4, 0.5) is 0 Å². The number of methoxy groups -OCH3 is 2. The van der Waals surface area contributed by atoms with Gasteiger partial charge in [0.05, 0.1) is 14.2 Å². The number of fused-ring (bicyclic) bond motifs is 3. The van der Waals surface area contributed by atoms with E-state index in [0.29, 0.717) is 18.2 Å². The highest BCUT2D eigenvalue weighted by Crippen LogP contribution is 2.33. The minimum atomic E-state index is -1.26. The number of aromatic nitrogens is 1. The Morgan fingerprint density at radius 2 is 1.74 bits per heavy atom. The van der Waals surface area contributed by atoms with Gasteiger partial charge in [-0.05, 0) is 68.1 Å². The predicted molar refractivity (Wildman–Crippen MR) is 130 cm³/mol. The number of benzene rings is 2. The molecule has 2 heterocycles. The molecular formula is C26H30N2O6. The van der Waals surface area contributed by atoms with Crippen molar-refractivity contribution in [2.45, 2.75) is 32.2 Å². The van der Waals surface area contributed by atoms with Crippen LogP contribution in [0.5, 0.6) is 11.5 Å². The van der Waals surface area contributed by atoms with Crippen molar-refractivity contribution < 1.29 is 29.3 Å². The van der Waals surface area contributed by atoms with E-state index in [1.807, 2.05) is 6.07 Å². The van der Waals surface area contributed by atoms with Crippen LogP contribution in [0.1, 0.15) is 34.8 Å². The normalized spacial score (nSPS) is 14.9. The summed E-state index contributed by atoms with van der Waals surface area (Å²) in [5, 5.41) is 20.7. The molecule has 0 aliphatic carbocycles. The van der Waals surface area contributed by atoms with E-state index in [2.05, 4.69) is 47.6 Å². The topological polar surface area (TPSA) is 121 Å². The van der Waals surface area contributed by atoms with Crippen LogP contribution in [0.25, 0.3) is 10.9 Å². The standard InChI is InChI=1S/C22H26N2O2.C4H4O4/c1-14-4-7-18-17(12-14)16-10-11-23-19(22(16)24-18)8-5-15-6-9-20(25-2)21(13-15)26-3;5-3(6)1-2-4(7)8/h4,6-7,9,12-13,19,23-24H,5,8,10-11H2,1-3H3;1-2H,(H,5,6)(H,7,8)/b;2-1-. The summed E-state index contributed by atoms with van der Waals surface area (Å²) in [6.07, 6.45) is 4.25. The Bertz CT molecular complexity index is 1180. The van der Waals surface area contributed by atoms with Crippen molar-refractivity contribution in [1.29, 1.82) is 0 Å². The second kappa shape index (κ2) is 11.4. The lowest BCUT2D eigenvalue weighted by Crippen LogP contribution is -2.30. The first-order valence-electron chi connectivity index (χ1n) is 11.0. The maximum atomic E-state index is 9.55. The van der Waals surface area contributed by atoms with E-state index in [9.17, 15) is 9.59 Å². The molecule has 8 heteroatoms. The van der Waals surface area contributed by atoms with Gasteiger partial charge < -0.3 is 30.0 Å². The molecule has 1 unspecified atom stereocenters. The van der Waals surface area contributed by atoms with E-state index in [-0.39, 0.29) is 0 Å². The number of rotatable bonds is 7. The SMILES string of the molecule is COc1ccc(CCC2NCCc3c2[nH]c2ccc(C)cc32)cc1OC.O=C(O)/C=C\C(=O)O. The second-order valence-electron chi connectivity index (χ2n) is 8.06. The molecule has 0 saturated carbocycles. The van der Waals surface area contributed by atoms with Crippen molar-refractivity contribution in [1.82, 2.24) is 10.3 Å². The van der Waals surface area contributed by atoms with E-state index in [0.717, 1.165) is 37.3 Å². The Hall–Kier alpha value is -3.78. The summed E-state index contributed by atoms with van der Waals surface area (Å²) in [5.74, 6) is -0.941. The average molecular weight is 467 g/mol. The number of aromatic amines is 1. The van der Waals surface area contributed by atoms with E-state index in [4.69, 9.17) is 19.7 Å². The number of aryl methyl sites for hydroxylation is 2. The van der Waals surface area contributed by atoms with Gasteiger partial charge in [-0.3, -0.25) is 0 Å². The number of H-pyrrole nitrogens is 1. The molecule has 0 radical (unpaired) electrons. The fourth-order valence-corrected chi connectivity index (χ4v) is 4.16. The fraction of sp³-hybridized carbons (Fsp3) is 0.308. The van der Waals surface area contributed by atoms with Crippen LogP contribution < -0.4 is 14.8 Å². The number of carbonyl (C=O) groups is 2. The molecule has 8 nitrogen and oxygen atoms in total. The minimum absolute atomic E-state index is 0.361. The van der Waals surface area contributed by atoms with Crippen molar-refractivity contribution in [3.63, 3.8) is 0 Å². The van der Waals surface area contributed by atoms with Crippen LogP contribution in [0.15, 0.2) is 48.6 Å². The summed E-state index contributed by atoms with van der Waals surface area (Å²) < 4.78 is 10.8. The zero-order chi connectivity index (χ0) is 24.7. The van der Waals surface area contributed by atoms with Gasteiger partial charge in [0.25, 0.3) is 0 Å². The van der Waals surface area contributed by atoms with E-state index in [1.165, 1.54) is 33.3 Å². The van der Waals surface area contributed by atoms with Crippen LogP contribution in [-0.4, -0.2) is 47.9 Å². The molecule has 1 aliphatic rings. The largest absolute Gasteiger partial charge is 0.493 e. The molecule has 0 amide bonds. The van der Waals surface area contributed by atoms with Gasteiger partial charge in [0, 0.05) is 34.8 Å². The Kier molecular flexibility index (Phi) is 8.32. The van der Waals surface area contributed by atoms with Gasteiger partial charge in [-0.1, -0.05) is 17.7 Å². The van der Waals surface area contributed by atoms with Gasteiger partial charge in [0.15, 0.2) is 11.5 Å². The molecular weight excluding hydrogens is 436 g/mol. The van der Waals surface area contributed by atoms with Gasteiger partial charge in [-0.15, -0.1) is 0 Å². The number of carboxylic acid groups (broad SMARTS) is 2. The third-order valence-corrected chi connectivity index (χ3v) is 5.75. The van der Waals surface area contributed by atoms with Crippen molar-refractivity contribution in [3.05, 3.63) is 70.9 Å². The highest BCUT2D eigenvalue weighted by atomic mass is 16.5. The van der Waals surface area contributed by atoms with Crippen LogP contribution in [0.2, 0.25) is 0 Å². The number of hydrogen-bond donors (Lipinski definition) is 4. The lowest BCUT2D eigenvalue weighted by Gasteiger charge is -2.24. The van der Waals surface area contributed by atoms with Crippen LogP contribution >= 0.6 is 0 Å². The van der Waals surface area contributed by atoms with Crippen molar-refractivity contribution in [2.75, 3.05) is 20.8 Å². The maximum Gasteiger partial charge on any atom is 0.328 e. The Balaban J connectivity index is 0.000000350. The van der Waals surface area contributed by atoms with Gasteiger partial charge >= 0.3 is 11.9 Å². The maximum absolute atomic E-state index is 9.55. The van der Waals surface area contributed by atoms with Crippen molar-refractivity contribution in [2.24, 2.45) is 0 Å². The van der Waals surface area contributed by atoms with Crippen molar-refractivity contribution in [3.8, 4) is 11.5 Å².